The summed E-state index contributed by atoms with van der Waals surface area (Å²) in [4.78, 5) is 24.6. The maximum Gasteiger partial charge on any atom is 0.387 e. The molecule has 0 aliphatic heterocycles. The molecule has 0 aliphatic rings. The number of halogens is 2. The summed E-state index contributed by atoms with van der Waals surface area (Å²) in [5.41, 5.74) is 0.599. The molecule has 0 saturated carbocycles. The third kappa shape index (κ3) is 6.60. The number of hydrogen-bond donors (Lipinski definition) is 1. The van der Waals surface area contributed by atoms with E-state index in [4.69, 9.17) is 10.00 Å². The molecule has 9 heteroatoms. The van der Waals surface area contributed by atoms with Gasteiger partial charge < -0.3 is 14.8 Å². The van der Waals surface area contributed by atoms with Crippen molar-refractivity contribution >= 4 is 29.3 Å². The third-order valence-electron chi connectivity index (χ3n) is 3.10. The van der Waals surface area contributed by atoms with Gasteiger partial charge in [0.25, 0.3) is 5.91 Å². The molecule has 0 fully saturated rings. The maximum atomic E-state index is 12.1. The van der Waals surface area contributed by atoms with E-state index in [-0.39, 0.29) is 17.1 Å². The number of benzene rings is 2. The molecular weight excluding hydrogens is 378 g/mol. The molecule has 0 atom stereocenters. The van der Waals surface area contributed by atoms with Crippen molar-refractivity contribution in [3.8, 4) is 11.8 Å². The number of para-hydroxylation sites is 1. The first kappa shape index (κ1) is 20.2. The highest BCUT2D eigenvalue weighted by Crippen LogP contribution is 2.26. The monoisotopic (exact) mass is 392 g/mol. The van der Waals surface area contributed by atoms with E-state index >= 15 is 0 Å². The lowest BCUT2D eigenvalue weighted by Crippen LogP contribution is -2.21. The van der Waals surface area contributed by atoms with Gasteiger partial charge in [-0.25, -0.2) is 4.79 Å². The van der Waals surface area contributed by atoms with Crippen molar-refractivity contribution in [1.82, 2.24) is 0 Å². The van der Waals surface area contributed by atoms with Crippen molar-refractivity contribution in [3.05, 3.63) is 54.1 Å². The molecule has 2 aromatic carbocycles. The minimum Gasteiger partial charge on any atom is -0.452 e. The molecule has 140 valence electrons. The summed E-state index contributed by atoms with van der Waals surface area (Å²) in [6.45, 7) is -3.48. The molecule has 0 unspecified atom stereocenters. The predicted molar refractivity (Wildman–Crippen MR) is 94.8 cm³/mol. The largest absolute Gasteiger partial charge is 0.452 e. The SMILES string of the molecule is N#CCSc1ccccc1NC(=O)COC(=O)c1ccc(OC(F)F)cc1. The number of nitrogens with one attached hydrogen (secondary N) is 1. The lowest BCUT2D eigenvalue weighted by atomic mass is 10.2. The summed E-state index contributed by atoms with van der Waals surface area (Å²) in [6, 6.07) is 13.8. The van der Waals surface area contributed by atoms with E-state index in [1.165, 1.54) is 36.0 Å². The quantitative estimate of drug-likeness (QED) is 0.544. The Balaban J connectivity index is 1.88. The minimum absolute atomic E-state index is 0.0919. The summed E-state index contributed by atoms with van der Waals surface area (Å²) in [6.07, 6.45) is 0. The number of hydrogen-bond acceptors (Lipinski definition) is 6. The van der Waals surface area contributed by atoms with Crippen molar-refractivity contribution < 1.29 is 27.8 Å². The lowest BCUT2D eigenvalue weighted by molar-refractivity contribution is -0.119. The van der Waals surface area contributed by atoms with Gasteiger partial charge in [0.2, 0.25) is 0 Å². The van der Waals surface area contributed by atoms with Gasteiger partial charge in [0.15, 0.2) is 6.61 Å². The Bertz CT molecular complexity index is 838. The van der Waals surface area contributed by atoms with Crippen molar-refractivity contribution in [2.75, 3.05) is 17.7 Å². The summed E-state index contributed by atoms with van der Waals surface area (Å²) in [7, 11) is 0. The number of anilines is 1. The number of rotatable bonds is 8. The summed E-state index contributed by atoms with van der Waals surface area (Å²) < 4.78 is 33.3. The Morgan fingerprint density at radius 3 is 2.52 bits per heavy atom. The zero-order valence-corrected chi connectivity index (χ0v) is 14.7. The van der Waals surface area contributed by atoms with Crippen LogP contribution in [0.4, 0.5) is 14.5 Å². The molecule has 0 aliphatic carbocycles. The van der Waals surface area contributed by atoms with Gasteiger partial charge in [-0.15, -0.1) is 11.8 Å². The number of carbonyl (C=O) groups excluding carboxylic acids is 2. The van der Waals surface area contributed by atoms with Crippen molar-refractivity contribution in [2.24, 2.45) is 0 Å². The van der Waals surface area contributed by atoms with Gasteiger partial charge in [0.05, 0.1) is 23.1 Å². The van der Waals surface area contributed by atoms with Gasteiger partial charge in [-0.2, -0.15) is 14.0 Å². The fraction of sp³-hybridized carbons (Fsp3) is 0.167. The fourth-order valence-corrected chi connectivity index (χ4v) is 2.65. The van der Waals surface area contributed by atoms with Crippen LogP contribution < -0.4 is 10.1 Å². The Hall–Kier alpha value is -3.12. The number of nitrogens with zero attached hydrogens (tertiary/aromatic N) is 1. The average Bonchev–Trinajstić information content (AvgIpc) is 2.65. The summed E-state index contributed by atoms with van der Waals surface area (Å²) in [5.74, 6) is -1.19. The molecule has 0 saturated heterocycles. The van der Waals surface area contributed by atoms with Gasteiger partial charge in [-0.3, -0.25) is 4.79 Å². The van der Waals surface area contributed by atoms with Gasteiger partial charge in [-0.1, -0.05) is 12.1 Å². The Morgan fingerprint density at radius 2 is 1.85 bits per heavy atom. The van der Waals surface area contributed by atoms with Gasteiger partial charge in [-0.05, 0) is 36.4 Å². The van der Waals surface area contributed by atoms with Crippen molar-refractivity contribution in [2.45, 2.75) is 11.5 Å². The van der Waals surface area contributed by atoms with E-state index in [0.29, 0.717) is 10.6 Å². The number of nitriles is 1. The van der Waals surface area contributed by atoms with E-state index < -0.39 is 25.1 Å². The van der Waals surface area contributed by atoms with Crippen LogP contribution in [0.1, 0.15) is 10.4 Å². The second kappa shape index (κ2) is 10.1. The molecular formula is C18H14F2N2O4S. The Kier molecular flexibility index (Phi) is 7.58. The van der Waals surface area contributed by atoms with Crippen LogP contribution >= 0.6 is 11.8 Å². The smallest absolute Gasteiger partial charge is 0.387 e. The highest BCUT2D eigenvalue weighted by atomic mass is 32.2. The molecule has 0 aromatic heterocycles. The molecule has 2 aromatic rings. The molecule has 0 spiro atoms. The van der Waals surface area contributed by atoms with Crippen LogP contribution in [-0.2, 0) is 9.53 Å². The number of amides is 1. The summed E-state index contributed by atoms with van der Waals surface area (Å²) in [5, 5.41) is 11.3. The van der Waals surface area contributed by atoms with Crippen LogP contribution in [0.5, 0.6) is 5.75 Å². The first-order chi connectivity index (χ1) is 13.0. The summed E-state index contributed by atoms with van der Waals surface area (Å²) >= 11 is 1.27. The topological polar surface area (TPSA) is 88.4 Å². The van der Waals surface area contributed by atoms with E-state index in [1.807, 2.05) is 6.07 Å². The first-order valence-corrected chi connectivity index (χ1v) is 8.59. The standard InChI is InChI=1S/C18H14F2N2O4S/c19-18(20)26-13-7-5-12(6-8-13)17(24)25-11-16(23)22-14-3-1-2-4-15(14)27-10-9-21/h1-8,18H,10-11H2,(H,22,23). The zero-order valence-electron chi connectivity index (χ0n) is 13.9. The van der Waals surface area contributed by atoms with Gasteiger partial charge in [0, 0.05) is 4.90 Å². The molecule has 27 heavy (non-hydrogen) atoms. The Labute approximate surface area is 158 Å². The van der Waals surface area contributed by atoms with E-state index in [9.17, 15) is 18.4 Å². The molecule has 0 bridgehead atoms. The maximum absolute atomic E-state index is 12.1. The zero-order chi connectivity index (χ0) is 19.6. The van der Waals surface area contributed by atoms with Crippen LogP contribution in [0.3, 0.4) is 0 Å². The van der Waals surface area contributed by atoms with Crippen LogP contribution in [-0.4, -0.2) is 30.8 Å². The molecule has 6 nitrogen and oxygen atoms in total. The number of ether oxygens (including phenoxy) is 2. The second-order valence-corrected chi connectivity index (χ2v) is 5.99. The molecule has 1 N–H and O–H groups in total. The number of carbonyl (C=O) groups is 2. The van der Waals surface area contributed by atoms with Gasteiger partial charge >= 0.3 is 12.6 Å². The lowest BCUT2D eigenvalue weighted by Gasteiger charge is -2.10. The molecule has 0 radical (unpaired) electrons. The normalized spacial score (nSPS) is 10.1. The van der Waals surface area contributed by atoms with Gasteiger partial charge in [0.1, 0.15) is 5.75 Å². The fourth-order valence-electron chi connectivity index (χ4n) is 1.98. The van der Waals surface area contributed by atoms with E-state index in [1.54, 1.807) is 24.3 Å². The van der Waals surface area contributed by atoms with Crippen molar-refractivity contribution in [3.63, 3.8) is 0 Å². The average molecular weight is 392 g/mol. The van der Waals surface area contributed by atoms with Crippen molar-refractivity contribution in [1.29, 1.82) is 5.26 Å². The van der Waals surface area contributed by atoms with Crippen LogP contribution in [0.2, 0.25) is 0 Å². The first-order valence-electron chi connectivity index (χ1n) is 7.60. The number of alkyl halides is 2. The number of esters is 1. The molecule has 0 heterocycles. The van der Waals surface area contributed by atoms with Crippen LogP contribution in [0.25, 0.3) is 0 Å². The van der Waals surface area contributed by atoms with E-state index in [2.05, 4.69) is 10.1 Å². The minimum atomic E-state index is -2.96. The third-order valence-corrected chi connectivity index (χ3v) is 4.04. The van der Waals surface area contributed by atoms with E-state index in [0.717, 1.165) is 0 Å². The molecule has 2 rings (SSSR count). The van der Waals surface area contributed by atoms with Crippen LogP contribution in [0, 0.1) is 11.3 Å². The Morgan fingerprint density at radius 1 is 1.15 bits per heavy atom. The predicted octanol–water partition coefficient (Wildman–Crippen LogP) is 3.70. The van der Waals surface area contributed by atoms with Crippen LogP contribution in [0.15, 0.2) is 53.4 Å². The molecule has 1 amide bonds. The second-order valence-electron chi connectivity index (χ2n) is 4.97. The highest BCUT2D eigenvalue weighted by molar-refractivity contribution is 7.99. The number of thioether (sulfide) groups is 1. The highest BCUT2D eigenvalue weighted by Gasteiger charge is 2.13.